The Kier molecular flexibility index (Phi) is 6.85. The summed E-state index contributed by atoms with van der Waals surface area (Å²) >= 11 is 0.823. The number of nitrogens with one attached hydrogen (secondary N) is 1. The van der Waals surface area contributed by atoms with Crippen molar-refractivity contribution in [3.63, 3.8) is 0 Å². The fourth-order valence-corrected chi connectivity index (χ4v) is 3.49. The summed E-state index contributed by atoms with van der Waals surface area (Å²) in [5, 5.41) is 9.37. The van der Waals surface area contributed by atoms with E-state index in [-0.39, 0.29) is 5.82 Å². The molecule has 0 aliphatic carbocycles. The molecular weight excluding hydrogens is 412 g/mol. The van der Waals surface area contributed by atoms with E-state index in [1.165, 1.54) is 12.1 Å². The quantitative estimate of drug-likeness (QED) is 0.249. The van der Waals surface area contributed by atoms with E-state index in [1.807, 2.05) is 4.90 Å². The number of alkyl halides is 3. The van der Waals surface area contributed by atoms with Crippen molar-refractivity contribution in [1.29, 1.82) is 0 Å². The largest absolute Gasteiger partial charge is 0.416 e. The first-order chi connectivity index (χ1) is 13.9. The van der Waals surface area contributed by atoms with Gasteiger partial charge in [0.05, 0.1) is 17.3 Å². The summed E-state index contributed by atoms with van der Waals surface area (Å²) in [7, 11) is 0. The zero-order valence-electron chi connectivity index (χ0n) is 15.4. The van der Waals surface area contributed by atoms with Crippen LogP contribution in [-0.2, 0) is 12.6 Å². The Morgan fingerprint density at radius 1 is 1.14 bits per heavy atom. The van der Waals surface area contributed by atoms with Gasteiger partial charge in [-0.2, -0.15) is 21.9 Å². The van der Waals surface area contributed by atoms with Crippen LogP contribution in [0.1, 0.15) is 17.5 Å². The Bertz CT molecular complexity index is 818. The average Bonchev–Trinajstić information content (AvgIpc) is 3.14. The molecule has 1 aliphatic heterocycles. The number of guanidine groups is 1. The minimum atomic E-state index is -4.34. The predicted octanol–water partition coefficient (Wildman–Crippen LogP) is 2.79. The molecule has 2 N–H and O–H groups in total. The topological polar surface area (TPSA) is 76.9 Å². The number of piperazine rings is 1. The predicted molar refractivity (Wildman–Crippen MR) is 101 cm³/mol. The number of hydroxylamine groups is 1. The van der Waals surface area contributed by atoms with E-state index >= 15 is 0 Å². The number of benzene rings is 1. The Balaban J connectivity index is 1.46. The number of halogens is 4. The van der Waals surface area contributed by atoms with Gasteiger partial charge in [-0.15, -0.1) is 4.37 Å². The first-order valence-corrected chi connectivity index (χ1v) is 9.70. The highest BCUT2D eigenvalue weighted by atomic mass is 32.1. The Morgan fingerprint density at radius 2 is 1.83 bits per heavy atom. The van der Waals surface area contributed by atoms with Gasteiger partial charge in [-0.1, -0.05) is 12.1 Å². The van der Waals surface area contributed by atoms with Crippen LogP contribution in [0.3, 0.4) is 0 Å². The third kappa shape index (κ3) is 5.54. The van der Waals surface area contributed by atoms with E-state index in [4.69, 9.17) is 0 Å². The number of hydrogen-bond donors (Lipinski definition) is 2. The van der Waals surface area contributed by atoms with Crippen LogP contribution in [0.15, 0.2) is 29.3 Å². The standard InChI is InChI=1S/C17H20F4N6OS/c18-14-15(25-29-24-14)26-8-10-27(11-9-26)16(23-28)22-7-1-2-12-3-5-13(6-4-12)17(19,20)21/h3-6,28H,1-2,7-11H2,(H,22,23). The molecule has 1 aromatic heterocycles. The van der Waals surface area contributed by atoms with Gasteiger partial charge in [0.15, 0.2) is 5.82 Å². The van der Waals surface area contributed by atoms with Crippen LogP contribution in [0.4, 0.5) is 23.4 Å². The molecule has 2 aromatic rings. The number of aliphatic imine (C=N–C) groups is 1. The van der Waals surface area contributed by atoms with Crippen molar-refractivity contribution >= 4 is 23.5 Å². The normalized spacial score (nSPS) is 15.7. The third-order valence-corrected chi connectivity index (χ3v) is 5.07. The maximum atomic E-state index is 13.5. The van der Waals surface area contributed by atoms with Gasteiger partial charge in [0.2, 0.25) is 5.96 Å². The molecule has 1 aliphatic rings. The smallest absolute Gasteiger partial charge is 0.348 e. The van der Waals surface area contributed by atoms with Gasteiger partial charge in [-0.05, 0) is 30.5 Å². The number of nitrogens with zero attached hydrogens (tertiary/aromatic N) is 5. The van der Waals surface area contributed by atoms with Crippen LogP contribution in [0.2, 0.25) is 0 Å². The lowest BCUT2D eigenvalue weighted by atomic mass is 10.1. The van der Waals surface area contributed by atoms with Crippen molar-refractivity contribution in [3.8, 4) is 0 Å². The zero-order valence-corrected chi connectivity index (χ0v) is 16.2. The second kappa shape index (κ2) is 9.35. The number of aromatic nitrogens is 2. The van der Waals surface area contributed by atoms with Crippen LogP contribution in [0.25, 0.3) is 0 Å². The molecule has 0 saturated carbocycles. The van der Waals surface area contributed by atoms with Gasteiger partial charge in [-0.3, -0.25) is 10.2 Å². The minimum Gasteiger partial charge on any atom is -0.348 e. The van der Waals surface area contributed by atoms with E-state index in [2.05, 4.69) is 19.2 Å². The van der Waals surface area contributed by atoms with E-state index in [0.29, 0.717) is 51.5 Å². The first kappa shape index (κ1) is 21.2. The third-order valence-electron chi connectivity index (χ3n) is 4.58. The summed E-state index contributed by atoms with van der Waals surface area (Å²) in [5.41, 5.74) is 2.21. The molecular formula is C17H20F4N6OS. The van der Waals surface area contributed by atoms with Crippen molar-refractivity contribution < 1.29 is 22.8 Å². The van der Waals surface area contributed by atoms with Crippen molar-refractivity contribution in [1.82, 2.24) is 19.1 Å². The molecule has 0 atom stereocenters. The summed E-state index contributed by atoms with van der Waals surface area (Å²) < 4.78 is 58.7. The Labute approximate surface area is 169 Å². The molecule has 1 aromatic carbocycles. The van der Waals surface area contributed by atoms with Crippen LogP contribution < -0.4 is 10.4 Å². The fraction of sp³-hybridized carbons (Fsp3) is 0.471. The van der Waals surface area contributed by atoms with Gasteiger partial charge in [0, 0.05) is 32.7 Å². The lowest BCUT2D eigenvalue weighted by Gasteiger charge is -2.35. The van der Waals surface area contributed by atoms with E-state index in [0.717, 1.165) is 29.4 Å². The molecule has 3 rings (SSSR count). The molecule has 7 nitrogen and oxygen atoms in total. The van der Waals surface area contributed by atoms with Gasteiger partial charge in [0.25, 0.3) is 5.95 Å². The maximum Gasteiger partial charge on any atom is 0.416 e. The molecule has 0 spiro atoms. The van der Waals surface area contributed by atoms with Crippen molar-refractivity contribution in [2.45, 2.75) is 19.0 Å². The lowest BCUT2D eigenvalue weighted by molar-refractivity contribution is -0.137. The molecule has 12 heteroatoms. The maximum absolute atomic E-state index is 13.5. The number of anilines is 1. The van der Waals surface area contributed by atoms with Gasteiger partial charge >= 0.3 is 6.18 Å². The van der Waals surface area contributed by atoms with Gasteiger partial charge in [0.1, 0.15) is 0 Å². The van der Waals surface area contributed by atoms with Crippen molar-refractivity contribution in [2.24, 2.45) is 4.99 Å². The second-order valence-electron chi connectivity index (χ2n) is 6.47. The number of hydrogen-bond acceptors (Lipinski definition) is 6. The van der Waals surface area contributed by atoms with Gasteiger partial charge in [-0.25, -0.2) is 5.48 Å². The average molecular weight is 432 g/mol. The second-order valence-corrected chi connectivity index (χ2v) is 7.00. The zero-order chi connectivity index (χ0) is 20.9. The highest BCUT2D eigenvalue weighted by Gasteiger charge is 2.29. The number of rotatable bonds is 5. The summed E-state index contributed by atoms with van der Waals surface area (Å²) in [6, 6.07) is 5.06. The molecule has 0 bridgehead atoms. The van der Waals surface area contributed by atoms with Crippen molar-refractivity contribution in [2.75, 3.05) is 37.6 Å². The van der Waals surface area contributed by atoms with Crippen LogP contribution in [-0.4, -0.2) is 57.5 Å². The molecule has 1 saturated heterocycles. The summed E-state index contributed by atoms with van der Waals surface area (Å²) in [5.74, 6) is -0.0310. The van der Waals surface area contributed by atoms with E-state index in [9.17, 15) is 22.8 Å². The van der Waals surface area contributed by atoms with Crippen LogP contribution in [0, 0.1) is 5.95 Å². The molecule has 1 fully saturated rings. The van der Waals surface area contributed by atoms with E-state index in [1.54, 1.807) is 4.90 Å². The molecule has 158 valence electrons. The van der Waals surface area contributed by atoms with Crippen LogP contribution >= 0.6 is 11.7 Å². The molecule has 2 heterocycles. The SMILES string of the molecule is ONC(=NCCCc1ccc(C(F)(F)F)cc1)N1CCN(c2nsnc2F)CC1. The molecule has 0 amide bonds. The highest BCUT2D eigenvalue weighted by molar-refractivity contribution is 6.99. The minimum absolute atomic E-state index is 0.238. The first-order valence-electron chi connectivity index (χ1n) is 8.97. The van der Waals surface area contributed by atoms with Crippen molar-refractivity contribution in [3.05, 3.63) is 41.3 Å². The fourth-order valence-electron chi connectivity index (χ4n) is 3.03. The van der Waals surface area contributed by atoms with Gasteiger partial charge < -0.3 is 9.80 Å². The summed E-state index contributed by atoms with van der Waals surface area (Å²) in [6.07, 6.45) is -3.15. The monoisotopic (exact) mass is 432 g/mol. The highest BCUT2D eigenvalue weighted by Crippen LogP contribution is 2.29. The van der Waals surface area contributed by atoms with E-state index < -0.39 is 17.7 Å². The molecule has 29 heavy (non-hydrogen) atoms. The number of aryl methyl sites for hydroxylation is 1. The Hall–Kier alpha value is -2.47. The molecule has 0 radical (unpaired) electrons. The Morgan fingerprint density at radius 3 is 2.38 bits per heavy atom. The molecule has 0 unspecified atom stereocenters. The summed E-state index contributed by atoms with van der Waals surface area (Å²) in [4.78, 5) is 7.95. The lowest BCUT2D eigenvalue weighted by Crippen LogP contribution is -2.52. The summed E-state index contributed by atoms with van der Waals surface area (Å²) in [6.45, 7) is 2.45. The van der Waals surface area contributed by atoms with Crippen LogP contribution in [0.5, 0.6) is 0 Å².